The predicted molar refractivity (Wildman–Crippen MR) is 61.0 cm³/mol. The van der Waals surface area contributed by atoms with Crippen molar-refractivity contribution in [3.8, 4) is 0 Å². The first-order chi connectivity index (χ1) is 7.29. The number of carbonyl (C=O) groups excluding carboxylic acids is 1. The van der Waals surface area contributed by atoms with E-state index in [1.165, 1.54) is 0 Å². The second-order valence-electron chi connectivity index (χ2n) is 3.29. The fraction of sp³-hybridized carbons (Fsp3) is 0.545. The van der Waals surface area contributed by atoms with Crippen molar-refractivity contribution in [1.82, 2.24) is 15.2 Å². The number of likely N-dealkylation sites (N-methyl/N-ethyl adjacent to an activating group) is 1. The largest absolute Gasteiger partial charge is 0.349 e. The molecular formula is C11H19N3O. The highest BCUT2D eigenvalue weighted by Crippen LogP contribution is 2.01. The van der Waals surface area contributed by atoms with Crippen molar-refractivity contribution >= 4 is 5.91 Å². The zero-order valence-corrected chi connectivity index (χ0v) is 9.42. The Morgan fingerprint density at radius 1 is 1.40 bits per heavy atom. The summed E-state index contributed by atoms with van der Waals surface area (Å²) in [4.78, 5) is 11.7. The first kappa shape index (κ1) is 11.8. The van der Waals surface area contributed by atoms with Gasteiger partial charge < -0.3 is 15.2 Å². The summed E-state index contributed by atoms with van der Waals surface area (Å²) in [5, 5.41) is 6.03. The van der Waals surface area contributed by atoms with E-state index < -0.39 is 0 Å². The van der Waals surface area contributed by atoms with Crippen molar-refractivity contribution in [2.24, 2.45) is 0 Å². The lowest BCUT2D eigenvalue weighted by Crippen LogP contribution is -2.32. The molecule has 0 saturated carbocycles. The lowest BCUT2D eigenvalue weighted by atomic mass is 10.4. The average Bonchev–Trinajstić information content (AvgIpc) is 2.72. The quantitative estimate of drug-likeness (QED) is 0.682. The predicted octanol–water partition coefficient (Wildman–Crippen LogP) is 0.847. The Morgan fingerprint density at radius 2 is 2.20 bits per heavy atom. The zero-order valence-electron chi connectivity index (χ0n) is 9.42. The highest BCUT2D eigenvalue weighted by molar-refractivity contribution is 5.92. The number of hydrogen-bond donors (Lipinski definition) is 2. The molecule has 0 aliphatic carbocycles. The first-order valence-electron chi connectivity index (χ1n) is 5.43. The van der Waals surface area contributed by atoms with Crippen LogP contribution in [-0.2, 0) is 6.54 Å². The Kier molecular flexibility index (Phi) is 4.90. The van der Waals surface area contributed by atoms with Gasteiger partial charge in [0.05, 0.1) is 0 Å². The van der Waals surface area contributed by atoms with E-state index in [1.54, 1.807) is 0 Å². The van der Waals surface area contributed by atoms with Gasteiger partial charge in [0.2, 0.25) is 0 Å². The molecule has 0 spiro atoms. The van der Waals surface area contributed by atoms with Gasteiger partial charge in [0.15, 0.2) is 0 Å². The molecule has 1 heterocycles. The molecule has 0 saturated heterocycles. The minimum Gasteiger partial charge on any atom is -0.349 e. The standard InChI is InChI=1S/C11H19N3O/c1-3-12-7-8-13-11(15)10-6-5-9-14(10)4-2/h5-6,9,12H,3-4,7-8H2,1-2H3,(H,13,15). The van der Waals surface area contributed by atoms with Crippen LogP contribution in [0, 0.1) is 0 Å². The van der Waals surface area contributed by atoms with Gasteiger partial charge in [-0.2, -0.15) is 0 Å². The van der Waals surface area contributed by atoms with Crippen molar-refractivity contribution in [3.63, 3.8) is 0 Å². The van der Waals surface area contributed by atoms with Gasteiger partial charge in [0, 0.05) is 25.8 Å². The molecule has 0 aliphatic rings. The molecule has 0 radical (unpaired) electrons. The van der Waals surface area contributed by atoms with Crippen LogP contribution in [0.2, 0.25) is 0 Å². The Hall–Kier alpha value is -1.29. The Morgan fingerprint density at radius 3 is 2.87 bits per heavy atom. The van der Waals surface area contributed by atoms with Crippen LogP contribution in [0.1, 0.15) is 24.3 Å². The molecule has 0 atom stereocenters. The normalized spacial score (nSPS) is 10.3. The van der Waals surface area contributed by atoms with E-state index in [1.807, 2.05) is 36.7 Å². The van der Waals surface area contributed by atoms with Gasteiger partial charge in [-0.05, 0) is 25.6 Å². The number of hydrogen-bond acceptors (Lipinski definition) is 2. The number of nitrogens with zero attached hydrogens (tertiary/aromatic N) is 1. The number of aromatic nitrogens is 1. The van der Waals surface area contributed by atoms with Gasteiger partial charge in [0.25, 0.3) is 5.91 Å². The van der Waals surface area contributed by atoms with E-state index in [4.69, 9.17) is 0 Å². The lowest BCUT2D eigenvalue weighted by Gasteiger charge is -2.07. The summed E-state index contributed by atoms with van der Waals surface area (Å²) >= 11 is 0. The third-order valence-electron chi connectivity index (χ3n) is 2.24. The maximum absolute atomic E-state index is 11.7. The number of rotatable bonds is 6. The van der Waals surface area contributed by atoms with Crippen LogP contribution < -0.4 is 10.6 Å². The fourth-order valence-corrected chi connectivity index (χ4v) is 1.43. The molecular weight excluding hydrogens is 190 g/mol. The third-order valence-corrected chi connectivity index (χ3v) is 2.24. The summed E-state index contributed by atoms with van der Waals surface area (Å²) in [5.74, 6) is -0.000229. The molecule has 2 N–H and O–H groups in total. The van der Waals surface area contributed by atoms with Crippen molar-refractivity contribution in [1.29, 1.82) is 0 Å². The highest BCUT2D eigenvalue weighted by atomic mass is 16.1. The topological polar surface area (TPSA) is 46.1 Å². The number of nitrogens with one attached hydrogen (secondary N) is 2. The SMILES string of the molecule is CCNCCNC(=O)c1cccn1CC. The second kappa shape index (κ2) is 6.24. The molecule has 84 valence electrons. The van der Waals surface area contributed by atoms with Gasteiger partial charge in [-0.3, -0.25) is 4.79 Å². The smallest absolute Gasteiger partial charge is 0.267 e. The van der Waals surface area contributed by atoms with Crippen molar-refractivity contribution in [2.45, 2.75) is 20.4 Å². The summed E-state index contributed by atoms with van der Waals surface area (Å²) < 4.78 is 1.93. The Bertz CT molecular complexity index is 307. The maximum Gasteiger partial charge on any atom is 0.267 e. The molecule has 1 rings (SSSR count). The molecule has 4 nitrogen and oxygen atoms in total. The summed E-state index contributed by atoms with van der Waals surface area (Å²) in [6.07, 6.45) is 1.92. The molecule has 15 heavy (non-hydrogen) atoms. The van der Waals surface area contributed by atoms with Crippen molar-refractivity contribution in [3.05, 3.63) is 24.0 Å². The summed E-state index contributed by atoms with van der Waals surface area (Å²) in [5.41, 5.74) is 0.731. The minimum absolute atomic E-state index is 0.000229. The second-order valence-corrected chi connectivity index (χ2v) is 3.29. The van der Waals surface area contributed by atoms with Crippen LogP contribution >= 0.6 is 0 Å². The molecule has 0 aromatic carbocycles. The zero-order chi connectivity index (χ0) is 11.1. The number of carbonyl (C=O) groups is 1. The van der Waals surface area contributed by atoms with E-state index in [0.29, 0.717) is 6.54 Å². The minimum atomic E-state index is -0.000229. The van der Waals surface area contributed by atoms with Crippen LogP contribution in [-0.4, -0.2) is 30.1 Å². The molecule has 0 bridgehead atoms. The van der Waals surface area contributed by atoms with Crippen LogP contribution in [0.4, 0.5) is 0 Å². The van der Waals surface area contributed by atoms with Gasteiger partial charge in [-0.25, -0.2) is 0 Å². The van der Waals surface area contributed by atoms with Crippen LogP contribution in [0.15, 0.2) is 18.3 Å². The Balaban J connectivity index is 2.40. The lowest BCUT2D eigenvalue weighted by molar-refractivity contribution is 0.0945. The number of aryl methyl sites for hydroxylation is 1. The van der Waals surface area contributed by atoms with E-state index in [2.05, 4.69) is 10.6 Å². The van der Waals surface area contributed by atoms with E-state index >= 15 is 0 Å². The summed E-state index contributed by atoms with van der Waals surface area (Å²) in [6.45, 7) is 7.31. The summed E-state index contributed by atoms with van der Waals surface area (Å²) in [6, 6.07) is 3.73. The molecule has 0 unspecified atom stereocenters. The molecule has 0 aliphatic heterocycles. The first-order valence-corrected chi connectivity index (χ1v) is 5.43. The van der Waals surface area contributed by atoms with Crippen LogP contribution in [0.25, 0.3) is 0 Å². The van der Waals surface area contributed by atoms with Gasteiger partial charge in [-0.15, -0.1) is 0 Å². The fourth-order valence-electron chi connectivity index (χ4n) is 1.43. The van der Waals surface area contributed by atoms with Crippen LogP contribution in [0.3, 0.4) is 0 Å². The van der Waals surface area contributed by atoms with Crippen LogP contribution in [0.5, 0.6) is 0 Å². The van der Waals surface area contributed by atoms with Crippen molar-refractivity contribution in [2.75, 3.05) is 19.6 Å². The molecule has 1 aromatic rings. The average molecular weight is 209 g/mol. The third kappa shape index (κ3) is 3.40. The maximum atomic E-state index is 11.7. The molecule has 4 heteroatoms. The van der Waals surface area contributed by atoms with E-state index in [9.17, 15) is 4.79 Å². The van der Waals surface area contributed by atoms with E-state index in [0.717, 1.165) is 25.3 Å². The monoisotopic (exact) mass is 209 g/mol. The van der Waals surface area contributed by atoms with Crippen molar-refractivity contribution < 1.29 is 4.79 Å². The van der Waals surface area contributed by atoms with Gasteiger partial charge in [0.1, 0.15) is 5.69 Å². The number of amides is 1. The van der Waals surface area contributed by atoms with Gasteiger partial charge in [-0.1, -0.05) is 6.92 Å². The van der Waals surface area contributed by atoms with Gasteiger partial charge >= 0.3 is 0 Å². The Labute approximate surface area is 90.7 Å². The molecule has 0 fully saturated rings. The highest BCUT2D eigenvalue weighted by Gasteiger charge is 2.08. The van der Waals surface area contributed by atoms with E-state index in [-0.39, 0.29) is 5.91 Å². The summed E-state index contributed by atoms with van der Waals surface area (Å²) in [7, 11) is 0. The molecule has 1 amide bonds. The molecule has 1 aromatic heterocycles.